The van der Waals surface area contributed by atoms with Gasteiger partial charge in [0.25, 0.3) is 0 Å². The van der Waals surface area contributed by atoms with Crippen LogP contribution in [0.1, 0.15) is 122 Å². The molecule has 2 aromatic carbocycles. The lowest BCUT2D eigenvalue weighted by Crippen LogP contribution is -2.53. The summed E-state index contributed by atoms with van der Waals surface area (Å²) in [6.07, 6.45) is 12.7. The predicted molar refractivity (Wildman–Crippen MR) is 221 cm³/mol. The highest BCUT2D eigenvalue weighted by atomic mass is 79.9. The third-order valence-corrected chi connectivity index (χ3v) is 13.4. The van der Waals surface area contributed by atoms with E-state index in [0.29, 0.717) is 16.0 Å². The first-order valence-corrected chi connectivity index (χ1v) is 21.2. The number of hydrogen-bond acceptors (Lipinski definition) is 6. The van der Waals surface area contributed by atoms with Gasteiger partial charge in [0.15, 0.2) is 6.29 Å². The van der Waals surface area contributed by atoms with Crippen LogP contribution in [-0.2, 0) is 16.0 Å². The molecule has 1 aliphatic carbocycles. The Morgan fingerprint density at radius 1 is 0.698 bits per heavy atom. The molecule has 4 fully saturated rings. The number of nitrogens with zero attached hydrogens (tertiary/aromatic N) is 3. The van der Waals surface area contributed by atoms with Crippen molar-refractivity contribution in [1.29, 1.82) is 0 Å². The molecule has 0 bridgehead atoms. The molecule has 2 aromatic rings. The van der Waals surface area contributed by atoms with Gasteiger partial charge in [0, 0.05) is 52.8 Å². The zero-order chi connectivity index (χ0) is 39.0. The average Bonchev–Trinajstić information content (AvgIpc) is 3.70. The maximum absolute atomic E-state index is 12.3. The Labute approximate surface area is 343 Å². The molecule has 294 valence electrons. The summed E-state index contributed by atoms with van der Waals surface area (Å²) in [4.78, 5) is 40.9. The summed E-state index contributed by atoms with van der Waals surface area (Å²) in [6.45, 7) is 16.8. The maximum Gasteiger partial charge on any atom is 0.410 e. The number of ether oxygens (including phenoxy) is 2. The normalized spacial score (nSPS) is 19.6. The summed E-state index contributed by atoms with van der Waals surface area (Å²) in [6, 6.07) is 11.3. The van der Waals surface area contributed by atoms with Gasteiger partial charge >= 0.3 is 12.2 Å². The Morgan fingerprint density at radius 3 is 1.68 bits per heavy atom. The van der Waals surface area contributed by atoms with Crippen molar-refractivity contribution < 1.29 is 23.9 Å². The van der Waals surface area contributed by atoms with E-state index in [2.05, 4.69) is 42.8 Å². The fraction of sp³-hybridized carbons (Fsp3) is 0.634. The second kappa shape index (κ2) is 18.9. The van der Waals surface area contributed by atoms with Crippen LogP contribution in [0.25, 0.3) is 0 Å². The van der Waals surface area contributed by atoms with Crippen molar-refractivity contribution in [3.8, 4) is 0 Å². The predicted octanol–water partition coefficient (Wildman–Crippen LogP) is 12.0. The van der Waals surface area contributed by atoms with E-state index in [0.717, 1.165) is 77.9 Å². The topological polar surface area (TPSA) is 79.4 Å². The Kier molecular flexibility index (Phi) is 15.6. The molecule has 8 nitrogen and oxygen atoms in total. The Bertz CT molecular complexity index is 1550. The van der Waals surface area contributed by atoms with Crippen LogP contribution in [0.5, 0.6) is 0 Å². The van der Waals surface area contributed by atoms with E-state index in [9.17, 15) is 14.4 Å². The van der Waals surface area contributed by atoms with Gasteiger partial charge in [-0.3, -0.25) is 9.69 Å². The molecule has 12 heteroatoms. The van der Waals surface area contributed by atoms with Gasteiger partial charge in [-0.25, -0.2) is 9.59 Å². The van der Waals surface area contributed by atoms with Crippen LogP contribution in [0.3, 0.4) is 0 Å². The molecule has 3 heterocycles. The summed E-state index contributed by atoms with van der Waals surface area (Å²) in [7, 11) is 0. The molecule has 3 saturated heterocycles. The number of amides is 2. The van der Waals surface area contributed by atoms with Crippen LogP contribution in [0, 0.1) is 5.41 Å². The van der Waals surface area contributed by atoms with Crippen LogP contribution < -0.4 is 0 Å². The molecule has 1 saturated carbocycles. The van der Waals surface area contributed by atoms with E-state index in [1.807, 2.05) is 63.5 Å². The fourth-order valence-electron chi connectivity index (χ4n) is 7.84. The van der Waals surface area contributed by atoms with Crippen molar-refractivity contribution in [1.82, 2.24) is 14.7 Å². The first-order chi connectivity index (χ1) is 24.9. The van der Waals surface area contributed by atoms with Crippen molar-refractivity contribution in [3.05, 3.63) is 66.5 Å². The van der Waals surface area contributed by atoms with Gasteiger partial charge in [0.1, 0.15) is 11.2 Å². The highest BCUT2D eigenvalue weighted by Gasteiger charge is 2.44. The van der Waals surface area contributed by atoms with Crippen molar-refractivity contribution >= 4 is 73.5 Å². The van der Waals surface area contributed by atoms with E-state index in [4.69, 9.17) is 32.7 Å². The fourth-order valence-corrected chi connectivity index (χ4v) is 8.99. The van der Waals surface area contributed by atoms with Crippen LogP contribution >= 0.6 is 55.1 Å². The van der Waals surface area contributed by atoms with Crippen molar-refractivity contribution in [2.24, 2.45) is 5.41 Å². The number of benzene rings is 2. The summed E-state index contributed by atoms with van der Waals surface area (Å²) in [5, 5.41) is 1.28. The molecule has 0 N–H and O–H groups in total. The number of halogens is 4. The first kappa shape index (κ1) is 43.9. The van der Waals surface area contributed by atoms with Gasteiger partial charge < -0.3 is 19.3 Å². The van der Waals surface area contributed by atoms with E-state index in [-0.39, 0.29) is 23.3 Å². The van der Waals surface area contributed by atoms with Gasteiger partial charge in [-0.2, -0.15) is 0 Å². The average molecular weight is 903 g/mol. The molecule has 0 aromatic heterocycles. The van der Waals surface area contributed by atoms with Crippen LogP contribution in [0.4, 0.5) is 9.59 Å². The summed E-state index contributed by atoms with van der Waals surface area (Å²) >= 11 is 18.9. The molecular formula is C41H57Br2Cl2N3O5. The Hall–Kier alpha value is -1.85. The minimum atomic E-state index is -0.441. The third kappa shape index (κ3) is 12.6. The number of hydrogen-bond donors (Lipinski definition) is 0. The first-order valence-electron chi connectivity index (χ1n) is 18.9. The van der Waals surface area contributed by atoms with Gasteiger partial charge in [0.05, 0.1) is 10.0 Å². The highest BCUT2D eigenvalue weighted by molar-refractivity contribution is 9.10. The molecule has 0 radical (unpaired) electrons. The molecule has 53 heavy (non-hydrogen) atoms. The molecule has 0 atom stereocenters. The minimum absolute atomic E-state index is 0.134. The van der Waals surface area contributed by atoms with Gasteiger partial charge in [0.2, 0.25) is 0 Å². The van der Waals surface area contributed by atoms with Crippen molar-refractivity contribution in [3.63, 3.8) is 0 Å². The molecule has 2 spiro atoms. The molecule has 4 aliphatic rings. The number of rotatable bonds is 3. The zero-order valence-corrected chi connectivity index (χ0v) is 36.9. The lowest BCUT2D eigenvalue weighted by Gasteiger charge is -2.45. The molecule has 2 amide bonds. The lowest BCUT2D eigenvalue weighted by molar-refractivity contribution is 0.00154. The van der Waals surface area contributed by atoms with Crippen LogP contribution in [0.2, 0.25) is 10.0 Å². The SMILES string of the molecule is CC(C)(C)OC(=O)N1CCC2(CCCC2)CC1.CC(C)(C)OC(=O)N1CCC2(CCCN2Cc2cccc(Br)c2Cl)CC1.O=Cc1cccc(Br)c1Cl. The Balaban J connectivity index is 0.000000198. The van der Waals surface area contributed by atoms with E-state index >= 15 is 0 Å². The highest BCUT2D eigenvalue weighted by Crippen LogP contribution is 2.46. The maximum atomic E-state index is 12.3. The standard InChI is InChI=1S/C20H28BrClN2O2.C14H25NO2.C7H4BrClO/c1-19(2,3)26-18(25)23-12-9-20(10-13-23)8-5-11-24(20)14-15-6-4-7-16(21)17(15)22;1-13(2,3)17-12(16)15-10-8-14(9-11-15)6-4-5-7-14;8-6-3-1-2-5(4-10)7(6)9/h4,6-7H,5,8-14H2,1-3H3;4-11H2,1-3H3;1-4H. The summed E-state index contributed by atoms with van der Waals surface area (Å²) < 4.78 is 12.6. The molecule has 6 rings (SSSR count). The van der Waals surface area contributed by atoms with Crippen molar-refractivity contribution in [2.45, 2.75) is 129 Å². The zero-order valence-electron chi connectivity index (χ0n) is 32.2. The monoisotopic (exact) mass is 899 g/mol. The number of aldehydes is 1. The van der Waals surface area contributed by atoms with E-state index in [1.165, 1.54) is 51.4 Å². The van der Waals surface area contributed by atoms with Crippen molar-refractivity contribution in [2.75, 3.05) is 32.7 Å². The van der Waals surface area contributed by atoms with Crippen LogP contribution in [0.15, 0.2) is 45.3 Å². The number of likely N-dealkylation sites (tertiary alicyclic amines) is 3. The van der Waals surface area contributed by atoms with E-state index < -0.39 is 5.60 Å². The minimum Gasteiger partial charge on any atom is -0.444 e. The molecule has 0 unspecified atom stereocenters. The largest absolute Gasteiger partial charge is 0.444 e. The van der Waals surface area contributed by atoms with Crippen LogP contribution in [-0.4, -0.2) is 82.6 Å². The number of carbonyl (C=O) groups excluding carboxylic acids is 3. The van der Waals surface area contributed by atoms with Gasteiger partial charge in [-0.05, 0) is 154 Å². The molecule has 3 aliphatic heterocycles. The second-order valence-electron chi connectivity index (χ2n) is 16.9. The number of carbonyl (C=O) groups is 3. The third-order valence-electron chi connectivity index (χ3n) is 10.7. The quantitative estimate of drug-likeness (QED) is 0.286. The number of piperidine rings is 2. The Morgan fingerprint density at radius 2 is 1.19 bits per heavy atom. The van der Waals surface area contributed by atoms with E-state index in [1.54, 1.807) is 18.2 Å². The summed E-state index contributed by atoms with van der Waals surface area (Å²) in [5.41, 5.74) is 1.61. The van der Waals surface area contributed by atoms with Gasteiger partial charge in [-0.1, -0.05) is 60.3 Å². The summed E-state index contributed by atoms with van der Waals surface area (Å²) in [5.74, 6) is 0. The second-order valence-corrected chi connectivity index (χ2v) is 19.3. The lowest BCUT2D eigenvalue weighted by atomic mass is 9.77. The van der Waals surface area contributed by atoms with Gasteiger partial charge in [-0.15, -0.1) is 0 Å². The molecular weight excluding hydrogens is 845 g/mol. The smallest absolute Gasteiger partial charge is 0.410 e.